The number of rotatable bonds is 8. The lowest BCUT2D eigenvalue weighted by Gasteiger charge is -2.22. The number of carbonyl (C=O) groups excluding carboxylic acids is 1. The fraction of sp³-hybridized carbons (Fsp3) is 0.400. The number of furan rings is 1. The Hall–Kier alpha value is -2.95. The van der Waals surface area contributed by atoms with E-state index in [1.54, 1.807) is 0 Å². The third-order valence-electron chi connectivity index (χ3n) is 6.40. The molecular formula is C25H27FN2O6S. The van der Waals surface area contributed by atoms with Gasteiger partial charge in [0.2, 0.25) is 11.0 Å². The van der Waals surface area contributed by atoms with Crippen LogP contribution < -0.4 is 10.1 Å². The summed E-state index contributed by atoms with van der Waals surface area (Å²) in [7, 11) is -4.06. The average molecular weight is 503 g/mol. The van der Waals surface area contributed by atoms with E-state index in [0.29, 0.717) is 37.4 Å². The normalized spacial score (nSPS) is 20.9. The molecule has 35 heavy (non-hydrogen) atoms. The van der Waals surface area contributed by atoms with Gasteiger partial charge in [-0.15, -0.1) is 0 Å². The Morgan fingerprint density at radius 1 is 1.17 bits per heavy atom. The molecule has 3 heterocycles. The number of amides is 1. The van der Waals surface area contributed by atoms with Crippen LogP contribution >= 0.6 is 0 Å². The molecule has 2 aliphatic heterocycles. The maximum Gasteiger partial charge on any atom is 0.277 e. The molecule has 5 rings (SSSR count). The van der Waals surface area contributed by atoms with E-state index < -0.39 is 21.9 Å². The van der Waals surface area contributed by atoms with Crippen LogP contribution in [-0.4, -0.2) is 51.0 Å². The van der Waals surface area contributed by atoms with E-state index in [4.69, 9.17) is 13.9 Å². The van der Waals surface area contributed by atoms with Crippen LogP contribution in [0.15, 0.2) is 58.0 Å². The van der Waals surface area contributed by atoms with Crippen molar-refractivity contribution in [1.82, 2.24) is 9.62 Å². The Bertz CT molecular complexity index is 1320. The highest BCUT2D eigenvalue weighted by molar-refractivity contribution is 7.89. The standard InChI is InChI=1S/C25H27FN2O6S/c26-20-6-7-23-19(12-20)13-24(34-23)35(30,31)28-9-2-5-22(28)25(29)27-14-17-3-1-4-21(11-17)33-16-18-8-10-32-15-18/h1,3-4,6-7,11-13,18,22H,2,5,8-10,14-16H2,(H,27,29)/t18?,22-/m0/s1. The number of sulfonamides is 1. The van der Waals surface area contributed by atoms with Crippen LogP contribution in [0.3, 0.4) is 0 Å². The van der Waals surface area contributed by atoms with Crippen molar-refractivity contribution >= 4 is 26.9 Å². The molecule has 1 aromatic heterocycles. The monoisotopic (exact) mass is 502 g/mol. The number of ether oxygens (including phenoxy) is 2. The minimum absolute atomic E-state index is 0.208. The summed E-state index contributed by atoms with van der Waals surface area (Å²) in [6.07, 6.45) is 1.95. The minimum atomic E-state index is -4.06. The Labute approximate surface area is 203 Å². The first-order valence-corrected chi connectivity index (χ1v) is 13.1. The highest BCUT2D eigenvalue weighted by Crippen LogP contribution is 2.30. The molecule has 1 N–H and O–H groups in total. The van der Waals surface area contributed by atoms with Gasteiger partial charge in [0, 0.05) is 37.1 Å². The fourth-order valence-electron chi connectivity index (χ4n) is 4.50. The van der Waals surface area contributed by atoms with E-state index >= 15 is 0 Å². The molecule has 0 bridgehead atoms. The van der Waals surface area contributed by atoms with Crippen molar-refractivity contribution in [1.29, 1.82) is 0 Å². The van der Waals surface area contributed by atoms with Crippen molar-refractivity contribution in [2.45, 2.75) is 36.9 Å². The van der Waals surface area contributed by atoms with Gasteiger partial charge in [0.05, 0.1) is 13.2 Å². The quantitative estimate of drug-likeness (QED) is 0.507. The number of hydrogen-bond acceptors (Lipinski definition) is 6. The lowest BCUT2D eigenvalue weighted by atomic mass is 10.1. The minimum Gasteiger partial charge on any atom is -0.493 e. The van der Waals surface area contributed by atoms with Crippen LogP contribution in [0.1, 0.15) is 24.8 Å². The molecule has 0 radical (unpaired) electrons. The Balaban J connectivity index is 1.23. The molecule has 2 aromatic carbocycles. The molecular weight excluding hydrogens is 475 g/mol. The lowest BCUT2D eigenvalue weighted by Crippen LogP contribution is -2.45. The van der Waals surface area contributed by atoms with E-state index in [-0.39, 0.29) is 29.7 Å². The van der Waals surface area contributed by atoms with Gasteiger partial charge in [-0.1, -0.05) is 12.1 Å². The molecule has 2 aliphatic rings. The molecule has 1 unspecified atom stereocenters. The van der Waals surface area contributed by atoms with Crippen LogP contribution in [0.2, 0.25) is 0 Å². The summed E-state index contributed by atoms with van der Waals surface area (Å²) in [6, 6.07) is 11.7. The molecule has 2 fully saturated rings. The number of benzene rings is 2. The van der Waals surface area contributed by atoms with Gasteiger partial charge in [-0.3, -0.25) is 4.79 Å². The van der Waals surface area contributed by atoms with Crippen LogP contribution in [-0.2, 0) is 26.1 Å². The summed E-state index contributed by atoms with van der Waals surface area (Å²) in [5, 5.41) is 2.91. The van der Waals surface area contributed by atoms with Gasteiger partial charge in [-0.05, 0) is 55.2 Å². The molecule has 2 saturated heterocycles. The number of carbonyl (C=O) groups is 1. The Morgan fingerprint density at radius 2 is 2.06 bits per heavy atom. The van der Waals surface area contributed by atoms with Gasteiger partial charge >= 0.3 is 0 Å². The van der Waals surface area contributed by atoms with Crippen molar-refractivity contribution in [2.75, 3.05) is 26.4 Å². The van der Waals surface area contributed by atoms with E-state index in [2.05, 4.69) is 5.32 Å². The lowest BCUT2D eigenvalue weighted by molar-refractivity contribution is -0.124. The molecule has 0 saturated carbocycles. The second kappa shape index (κ2) is 9.96. The summed E-state index contributed by atoms with van der Waals surface area (Å²) in [5.74, 6) is 0.250. The molecule has 2 atom stereocenters. The topological polar surface area (TPSA) is 98.1 Å². The van der Waals surface area contributed by atoms with Crippen molar-refractivity contribution in [2.24, 2.45) is 5.92 Å². The van der Waals surface area contributed by atoms with Crippen LogP contribution in [0.5, 0.6) is 5.75 Å². The van der Waals surface area contributed by atoms with Gasteiger partial charge in [0.25, 0.3) is 10.0 Å². The number of hydrogen-bond donors (Lipinski definition) is 1. The molecule has 10 heteroatoms. The van der Waals surface area contributed by atoms with Crippen molar-refractivity contribution in [3.05, 3.63) is 59.9 Å². The molecule has 8 nitrogen and oxygen atoms in total. The van der Waals surface area contributed by atoms with E-state index in [0.717, 1.165) is 24.3 Å². The van der Waals surface area contributed by atoms with Gasteiger partial charge in [0.1, 0.15) is 23.2 Å². The summed E-state index contributed by atoms with van der Waals surface area (Å²) in [4.78, 5) is 13.0. The van der Waals surface area contributed by atoms with E-state index in [9.17, 15) is 17.6 Å². The number of nitrogens with one attached hydrogen (secondary N) is 1. The maximum atomic E-state index is 13.5. The van der Waals surface area contributed by atoms with E-state index in [1.165, 1.54) is 28.6 Å². The summed E-state index contributed by atoms with van der Waals surface area (Å²) >= 11 is 0. The van der Waals surface area contributed by atoms with Crippen LogP contribution in [0.4, 0.5) is 4.39 Å². The molecule has 3 aromatic rings. The summed E-state index contributed by atoms with van der Waals surface area (Å²) < 4.78 is 57.9. The zero-order valence-corrected chi connectivity index (χ0v) is 19.9. The highest BCUT2D eigenvalue weighted by atomic mass is 32.2. The molecule has 0 aliphatic carbocycles. The fourth-order valence-corrected chi connectivity index (χ4v) is 6.11. The van der Waals surface area contributed by atoms with Crippen LogP contribution in [0, 0.1) is 11.7 Å². The Morgan fingerprint density at radius 3 is 2.89 bits per heavy atom. The Kier molecular flexibility index (Phi) is 6.77. The third-order valence-corrected chi connectivity index (χ3v) is 8.16. The van der Waals surface area contributed by atoms with Gasteiger partial charge in [-0.2, -0.15) is 4.31 Å². The number of nitrogens with zero attached hydrogens (tertiary/aromatic N) is 1. The first-order valence-electron chi connectivity index (χ1n) is 11.7. The second-order valence-electron chi connectivity index (χ2n) is 8.93. The SMILES string of the molecule is O=C(NCc1cccc(OCC2CCOC2)c1)[C@@H]1CCCN1S(=O)(=O)c1cc2cc(F)ccc2o1. The molecule has 0 spiro atoms. The van der Waals surface area contributed by atoms with Crippen LogP contribution in [0.25, 0.3) is 11.0 Å². The molecule has 1 amide bonds. The smallest absolute Gasteiger partial charge is 0.277 e. The maximum absolute atomic E-state index is 13.5. The van der Waals surface area contributed by atoms with Crippen molar-refractivity contribution in [3.63, 3.8) is 0 Å². The highest BCUT2D eigenvalue weighted by Gasteiger charge is 2.41. The second-order valence-corrected chi connectivity index (χ2v) is 10.7. The first kappa shape index (κ1) is 23.8. The van der Waals surface area contributed by atoms with Gasteiger partial charge in [-0.25, -0.2) is 12.8 Å². The van der Waals surface area contributed by atoms with Crippen molar-refractivity contribution < 1.29 is 31.5 Å². The molecule has 186 valence electrons. The van der Waals surface area contributed by atoms with Crippen molar-refractivity contribution in [3.8, 4) is 5.75 Å². The van der Waals surface area contributed by atoms with Gasteiger partial charge in [0.15, 0.2) is 0 Å². The predicted octanol–water partition coefficient (Wildman–Crippen LogP) is 3.46. The predicted molar refractivity (Wildman–Crippen MR) is 126 cm³/mol. The van der Waals surface area contributed by atoms with Gasteiger partial charge < -0.3 is 19.2 Å². The summed E-state index contributed by atoms with van der Waals surface area (Å²) in [5.41, 5.74) is 1.12. The third kappa shape index (κ3) is 5.19. The summed E-state index contributed by atoms with van der Waals surface area (Å²) in [6.45, 7) is 2.51. The number of fused-ring (bicyclic) bond motifs is 1. The largest absolute Gasteiger partial charge is 0.493 e. The zero-order chi connectivity index (χ0) is 24.4. The average Bonchev–Trinajstić information content (AvgIpc) is 3.62. The first-order chi connectivity index (χ1) is 16.9. The number of halogens is 1. The van der Waals surface area contributed by atoms with E-state index in [1.807, 2.05) is 24.3 Å². The zero-order valence-electron chi connectivity index (χ0n) is 19.1.